The molecule has 0 aliphatic rings. The van der Waals surface area contributed by atoms with Crippen LogP contribution < -0.4 is 9.54 Å². The Hall–Kier alpha value is -1.76. The maximum atomic E-state index is 12.6. The fourth-order valence-corrected chi connectivity index (χ4v) is 4.62. The summed E-state index contributed by atoms with van der Waals surface area (Å²) < 4.78 is 8.41. The average molecular weight is 421 g/mol. The lowest BCUT2D eigenvalue weighted by Gasteiger charge is -2.06. The number of thiazole rings is 1. The predicted octanol–water partition coefficient (Wildman–Crippen LogP) is 4.71. The first-order valence-electron chi connectivity index (χ1n) is 8.50. The van der Waals surface area contributed by atoms with Crippen molar-refractivity contribution in [3.63, 3.8) is 0 Å². The summed E-state index contributed by atoms with van der Waals surface area (Å²) in [5.74, 6) is 1.61. The average Bonchev–Trinajstić information content (AvgIpc) is 2.95. The van der Waals surface area contributed by atoms with E-state index in [1.165, 1.54) is 11.3 Å². The third-order valence-electron chi connectivity index (χ3n) is 4.20. The van der Waals surface area contributed by atoms with Crippen LogP contribution in [0.2, 0.25) is 5.02 Å². The van der Waals surface area contributed by atoms with Crippen LogP contribution in [0.15, 0.2) is 41.4 Å². The van der Waals surface area contributed by atoms with E-state index in [1.807, 2.05) is 43.3 Å². The molecule has 3 rings (SSSR count). The maximum Gasteiger partial charge on any atom is 0.252 e. The predicted molar refractivity (Wildman–Crippen MR) is 115 cm³/mol. The van der Waals surface area contributed by atoms with Crippen LogP contribution in [-0.4, -0.2) is 29.6 Å². The summed E-state index contributed by atoms with van der Waals surface area (Å²) in [5.41, 5.74) is 3.00. The topological polar surface area (TPSA) is 43.6 Å². The summed E-state index contributed by atoms with van der Waals surface area (Å²) in [6, 6.07) is 11.6. The summed E-state index contributed by atoms with van der Waals surface area (Å²) in [5, 5.41) is 0.687. The molecule has 2 aromatic carbocycles. The number of hydrogen-bond acceptors (Lipinski definition) is 4. The Morgan fingerprint density at radius 3 is 2.81 bits per heavy atom. The van der Waals surface area contributed by atoms with Crippen LogP contribution in [0, 0.1) is 6.92 Å². The normalized spacial score (nSPS) is 11.9. The molecule has 0 aliphatic heterocycles. The molecule has 1 heterocycles. The molecular formula is C20H21ClN2O2S2. The number of ether oxygens (including phenoxy) is 1. The third-order valence-corrected chi connectivity index (χ3v) is 6.07. The largest absolute Gasteiger partial charge is 0.496 e. The molecule has 0 fully saturated rings. The number of carbonyl (C=O) groups is 1. The van der Waals surface area contributed by atoms with Crippen molar-refractivity contribution in [1.29, 1.82) is 0 Å². The summed E-state index contributed by atoms with van der Waals surface area (Å²) in [6.45, 7) is 2.77. The van der Waals surface area contributed by atoms with E-state index >= 15 is 0 Å². The zero-order valence-electron chi connectivity index (χ0n) is 15.5. The number of nitrogens with zero attached hydrogens (tertiary/aromatic N) is 2. The van der Waals surface area contributed by atoms with Crippen LogP contribution in [0.3, 0.4) is 0 Å². The second-order valence-corrected chi connectivity index (χ2v) is 8.56. The van der Waals surface area contributed by atoms with Crippen LogP contribution in [0.25, 0.3) is 10.2 Å². The number of fused-ring (bicyclic) bond motifs is 1. The highest BCUT2D eigenvalue weighted by Crippen LogP contribution is 2.22. The van der Waals surface area contributed by atoms with Crippen molar-refractivity contribution in [2.24, 2.45) is 4.99 Å². The molecule has 0 aliphatic carbocycles. The van der Waals surface area contributed by atoms with Gasteiger partial charge in [0.05, 0.1) is 23.7 Å². The van der Waals surface area contributed by atoms with E-state index in [0.29, 0.717) is 5.02 Å². The highest BCUT2D eigenvalue weighted by molar-refractivity contribution is 7.98. The Morgan fingerprint density at radius 2 is 2.11 bits per heavy atom. The quantitative estimate of drug-likeness (QED) is 0.580. The van der Waals surface area contributed by atoms with Crippen LogP contribution in [0.4, 0.5) is 0 Å². The Labute approximate surface area is 171 Å². The lowest BCUT2D eigenvalue weighted by atomic mass is 10.1. The number of aryl methyl sites for hydroxylation is 2. The number of aromatic nitrogens is 1. The van der Waals surface area contributed by atoms with Crippen LogP contribution in [-0.2, 0) is 17.8 Å². The van der Waals surface area contributed by atoms with Crippen molar-refractivity contribution in [3.8, 4) is 5.75 Å². The number of methoxy groups -OCH3 is 1. The number of thioether (sulfide) groups is 1. The number of halogens is 1. The highest BCUT2D eigenvalue weighted by atomic mass is 35.5. The van der Waals surface area contributed by atoms with Crippen molar-refractivity contribution in [1.82, 2.24) is 4.57 Å². The molecular weight excluding hydrogens is 400 g/mol. The highest BCUT2D eigenvalue weighted by Gasteiger charge is 2.10. The van der Waals surface area contributed by atoms with Crippen LogP contribution in [0.1, 0.15) is 11.1 Å². The van der Waals surface area contributed by atoms with E-state index in [1.54, 1.807) is 18.9 Å². The molecule has 7 heteroatoms. The van der Waals surface area contributed by atoms with Gasteiger partial charge >= 0.3 is 0 Å². The Bertz CT molecular complexity index is 1040. The molecule has 0 N–H and O–H groups in total. The van der Waals surface area contributed by atoms with Gasteiger partial charge in [-0.25, -0.2) is 0 Å². The van der Waals surface area contributed by atoms with Gasteiger partial charge in [-0.1, -0.05) is 35.1 Å². The summed E-state index contributed by atoms with van der Waals surface area (Å²) in [7, 11) is 1.64. The summed E-state index contributed by atoms with van der Waals surface area (Å²) >= 11 is 9.39. The van der Waals surface area contributed by atoms with Crippen molar-refractivity contribution < 1.29 is 9.53 Å². The number of amides is 1. The second kappa shape index (κ2) is 8.95. The first-order chi connectivity index (χ1) is 13.0. The first kappa shape index (κ1) is 20.0. The number of hydrogen-bond donors (Lipinski definition) is 0. The fourth-order valence-electron chi connectivity index (χ4n) is 2.90. The van der Waals surface area contributed by atoms with E-state index in [9.17, 15) is 4.79 Å². The van der Waals surface area contributed by atoms with E-state index in [-0.39, 0.29) is 12.3 Å². The molecule has 4 nitrogen and oxygen atoms in total. The smallest absolute Gasteiger partial charge is 0.252 e. The van der Waals surface area contributed by atoms with Gasteiger partial charge in [0.2, 0.25) is 0 Å². The van der Waals surface area contributed by atoms with Gasteiger partial charge in [-0.3, -0.25) is 4.79 Å². The fraction of sp³-hybridized carbons (Fsp3) is 0.300. The van der Waals surface area contributed by atoms with E-state index in [0.717, 1.165) is 44.2 Å². The van der Waals surface area contributed by atoms with Gasteiger partial charge in [0.15, 0.2) is 4.80 Å². The minimum atomic E-state index is -0.157. The Balaban J connectivity index is 1.93. The molecule has 3 aromatic rings. The van der Waals surface area contributed by atoms with E-state index in [2.05, 4.69) is 15.8 Å². The Kier molecular flexibility index (Phi) is 6.63. The van der Waals surface area contributed by atoms with Crippen LogP contribution in [0.5, 0.6) is 5.75 Å². The van der Waals surface area contributed by atoms with Gasteiger partial charge in [-0.15, -0.1) is 0 Å². The van der Waals surface area contributed by atoms with Crippen molar-refractivity contribution in [2.45, 2.75) is 19.9 Å². The van der Waals surface area contributed by atoms with Gasteiger partial charge in [0.1, 0.15) is 5.75 Å². The Morgan fingerprint density at radius 1 is 1.30 bits per heavy atom. The molecule has 0 unspecified atom stereocenters. The zero-order valence-corrected chi connectivity index (χ0v) is 17.9. The molecule has 0 bridgehead atoms. The van der Waals surface area contributed by atoms with Gasteiger partial charge in [-0.05, 0) is 48.6 Å². The minimum absolute atomic E-state index is 0.157. The summed E-state index contributed by atoms with van der Waals surface area (Å²) in [6.07, 6.45) is 2.34. The van der Waals surface area contributed by atoms with E-state index in [4.69, 9.17) is 16.3 Å². The third kappa shape index (κ3) is 4.75. The minimum Gasteiger partial charge on any atom is -0.496 e. The van der Waals surface area contributed by atoms with Crippen molar-refractivity contribution in [3.05, 3.63) is 57.3 Å². The van der Waals surface area contributed by atoms with Crippen LogP contribution >= 0.6 is 34.7 Å². The molecule has 27 heavy (non-hydrogen) atoms. The first-order valence-corrected chi connectivity index (χ1v) is 11.1. The molecule has 1 aromatic heterocycles. The van der Waals surface area contributed by atoms with Crippen molar-refractivity contribution in [2.75, 3.05) is 19.1 Å². The molecule has 1 amide bonds. The monoisotopic (exact) mass is 420 g/mol. The van der Waals surface area contributed by atoms with Crippen molar-refractivity contribution >= 4 is 50.8 Å². The van der Waals surface area contributed by atoms with Gasteiger partial charge in [0, 0.05) is 17.3 Å². The lowest BCUT2D eigenvalue weighted by Crippen LogP contribution is -2.18. The number of benzene rings is 2. The molecule has 0 atom stereocenters. The second-order valence-electron chi connectivity index (χ2n) is 6.13. The standard InChI is InChI=1S/C20H21ClN2O2S2/c1-13-10-14(4-7-17(13)25-2)11-19(24)22-20-23(8-9-26-3)16-6-5-15(21)12-18(16)27-20/h4-7,10,12H,8-9,11H2,1-3H3. The molecule has 0 radical (unpaired) electrons. The number of rotatable bonds is 6. The molecule has 0 saturated heterocycles. The lowest BCUT2D eigenvalue weighted by molar-refractivity contribution is -0.117. The number of carbonyl (C=O) groups excluding carboxylic acids is 1. The molecule has 142 valence electrons. The molecule has 0 spiro atoms. The van der Waals surface area contributed by atoms with Gasteiger partial charge in [0.25, 0.3) is 5.91 Å². The van der Waals surface area contributed by atoms with Gasteiger partial charge in [-0.2, -0.15) is 16.8 Å². The van der Waals surface area contributed by atoms with E-state index < -0.39 is 0 Å². The zero-order chi connectivity index (χ0) is 19.4. The SMILES string of the molecule is COc1ccc(CC(=O)N=c2sc3cc(Cl)ccc3n2CCSC)cc1C. The van der Waals surface area contributed by atoms with Gasteiger partial charge < -0.3 is 9.30 Å². The maximum absolute atomic E-state index is 12.6. The molecule has 0 saturated carbocycles. The summed E-state index contributed by atoms with van der Waals surface area (Å²) in [4.78, 5) is 17.7.